The molecular weight excluding hydrogens is 280 g/mol. The van der Waals surface area contributed by atoms with Crippen molar-refractivity contribution in [3.8, 4) is 5.69 Å². The largest absolute Gasteiger partial charge is 0.466 e. The van der Waals surface area contributed by atoms with Crippen LogP contribution < -0.4 is 5.43 Å². The predicted octanol–water partition coefficient (Wildman–Crippen LogP) is 1.56. The molecule has 0 bridgehead atoms. The minimum atomic E-state index is -0.231. The fourth-order valence-electron chi connectivity index (χ4n) is 2.92. The standard InChI is InChI=1S/C16H16N4O2/c21-15-9-22-16(19-18-15)11-5-7-12(8-6-11)20-10-17-13-3-1-2-4-14(13)20/h5-8,10H,1-4,9H2,(H,18,21). The van der Waals surface area contributed by atoms with E-state index in [0.717, 1.165) is 24.1 Å². The smallest absolute Gasteiger partial charge is 0.278 e. The number of benzene rings is 1. The summed E-state index contributed by atoms with van der Waals surface area (Å²) < 4.78 is 7.47. The van der Waals surface area contributed by atoms with Gasteiger partial charge in [-0.1, -0.05) is 0 Å². The van der Waals surface area contributed by atoms with Crippen LogP contribution in [0.3, 0.4) is 0 Å². The number of aryl methyl sites for hydroxylation is 1. The maximum atomic E-state index is 11.0. The monoisotopic (exact) mass is 296 g/mol. The number of hydrogen-bond donors (Lipinski definition) is 1. The molecule has 0 unspecified atom stereocenters. The fraction of sp³-hybridized carbons (Fsp3) is 0.312. The van der Waals surface area contributed by atoms with Crippen molar-refractivity contribution in [2.45, 2.75) is 25.7 Å². The minimum Gasteiger partial charge on any atom is -0.466 e. The lowest BCUT2D eigenvalue weighted by Gasteiger charge is -2.15. The lowest BCUT2D eigenvalue weighted by atomic mass is 10.0. The minimum absolute atomic E-state index is 0.00954. The van der Waals surface area contributed by atoms with Crippen LogP contribution in [0.4, 0.5) is 0 Å². The van der Waals surface area contributed by atoms with Gasteiger partial charge in [-0.25, -0.2) is 10.4 Å². The SMILES string of the molecule is O=C1COC(c2ccc(-n3cnc4c3CCCC4)cc2)=NN1. The highest BCUT2D eigenvalue weighted by molar-refractivity contribution is 5.98. The lowest BCUT2D eigenvalue weighted by Crippen LogP contribution is -2.32. The molecule has 1 aromatic carbocycles. The summed E-state index contributed by atoms with van der Waals surface area (Å²) in [5.41, 5.74) is 6.89. The van der Waals surface area contributed by atoms with E-state index < -0.39 is 0 Å². The quantitative estimate of drug-likeness (QED) is 0.914. The highest BCUT2D eigenvalue weighted by Crippen LogP contribution is 2.23. The van der Waals surface area contributed by atoms with Crippen LogP contribution in [0.25, 0.3) is 5.69 Å². The molecule has 1 aliphatic carbocycles. The summed E-state index contributed by atoms with van der Waals surface area (Å²) in [6.45, 7) is 0.00954. The number of imidazole rings is 1. The summed E-state index contributed by atoms with van der Waals surface area (Å²) in [4.78, 5) is 15.6. The first-order valence-electron chi connectivity index (χ1n) is 7.46. The molecule has 1 amide bonds. The van der Waals surface area contributed by atoms with E-state index in [1.165, 1.54) is 24.2 Å². The molecule has 0 fully saturated rings. The maximum absolute atomic E-state index is 11.0. The number of fused-ring (bicyclic) bond motifs is 1. The van der Waals surface area contributed by atoms with Crippen LogP contribution in [0.2, 0.25) is 0 Å². The predicted molar refractivity (Wildman–Crippen MR) is 80.8 cm³/mol. The summed E-state index contributed by atoms with van der Waals surface area (Å²) in [5.74, 6) is 0.212. The van der Waals surface area contributed by atoms with Crippen molar-refractivity contribution in [2.24, 2.45) is 5.10 Å². The lowest BCUT2D eigenvalue weighted by molar-refractivity contribution is -0.124. The molecule has 6 nitrogen and oxygen atoms in total. The zero-order valence-electron chi connectivity index (χ0n) is 12.1. The molecule has 6 heteroatoms. The molecule has 0 saturated carbocycles. The topological polar surface area (TPSA) is 68.5 Å². The first kappa shape index (κ1) is 13.1. The summed E-state index contributed by atoms with van der Waals surface area (Å²) in [6.07, 6.45) is 6.51. The van der Waals surface area contributed by atoms with Crippen LogP contribution in [0.15, 0.2) is 35.7 Å². The summed E-state index contributed by atoms with van der Waals surface area (Å²) in [5, 5.41) is 3.92. The Bertz CT molecular complexity index is 746. The van der Waals surface area contributed by atoms with E-state index in [1.54, 1.807) is 0 Å². The van der Waals surface area contributed by atoms with Crippen LogP contribution in [-0.4, -0.2) is 28.0 Å². The van der Waals surface area contributed by atoms with Crippen molar-refractivity contribution >= 4 is 11.8 Å². The second kappa shape index (κ2) is 5.29. The van der Waals surface area contributed by atoms with Crippen molar-refractivity contribution in [2.75, 3.05) is 6.61 Å². The number of ether oxygens (including phenoxy) is 1. The van der Waals surface area contributed by atoms with Crippen LogP contribution in [0, 0.1) is 0 Å². The second-order valence-corrected chi connectivity index (χ2v) is 5.50. The molecule has 2 aromatic rings. The number of aromatic nitrogens is 2. The van der Waals surface area contributed by atoms with Crippen LogP contribution in [-0.2, 0) is 22.4 Å². The van der Waals surface area contributed by atoms with Crippen LogP contribution in [0.1, 0.15) is 29.8 Å². The number of carbonyl (C=O) groups is 1. The third kappa shape index (κ3) is 2.26. The van der Waals surface area contributed by atoms with Gasteiger partial charge in [-0.15, -0.1) is 5.10 Å². The molecule has 2 aliphatic rings. The molecule has 0 saturated heterocycles. The van der Waals surface area contributed by atoms with E-state index in [1.807, 2.05) is 30.6 Å². The zero-order chi connectivity index (χ0) is 14.9. The number of hydrogen-bond acceptors (Lipinski definition) is 4. The summed E-state index contributed by atoms with van der Waals surface area (Å²) in [7, 11) is 0. The van der Waals surface area contributed by atoms with Gasteiger partial charge in [-0.3, -0.25) is 4.79 Å². The molecular formula is C16H16N4O2. The van der Waals surface area contributed by atoms with Crippen molar-refractivity contribution in [1.82, 2.24) is 15.0 Å². The molecule has 2 heterocycles. The Labute approximate surface area is 127 Å². The average Bonchev–Trinajstić information content (AvgIpc) is 3.00. The van der Waals surface area contributed by atoms with Crippen molar-refractivity contribution in [3.63, 3.8) is 0 Å². The first-order valence-corrected chi connectivity index (χ1v) is 7.46. The van der Waals surface area contributed by atoms with Crippen LogP contribution in [0.5, 0.6) is 0 Å². The molecule has 1 N–H and O–H groups in total. The number of hydrazone groups is 1. The van der Waals surface area contributed by atoms with Gasteiger partial charge in [-0.2, -0.15) is 0 Å². The van der Waals surface area contributed by atoms with Gasteiger partial charge in [0.05, 0.1) is 12.0 Å². The van der Waals surface area contributed by atoms with Gasteiger partial charge in [0.25, 0.3) is 5.91 Å². The maximum Gasteiger partial charge on any atom is 0.278 e. The normalized spacial score (nSPS) is 17.3. The van der Waals surface area contributed by atoms with Crippen molar-refractivity contribution < 1.29 is 9.53 Å². The van der Waals surface area contributed by atoms with Gasteiger partial charge in [0.1, 0.15) is 0 Å². The van der Waals surface area contributed by atoms with Gasteiger partial charge < -0.3 is 9.30 Å². The summed E-state index contributed by atoms with van der Waals surface area (Å²) >= 11 is 0. The molecule has 1 aliphatic heterocycles. The van der Waals surface area contributed by atoms with Gasteiger partial charge in [0.2, 0.25) is 5.90 Å². The Kier molecular flexibility index (Phi) is 3.14. The third-order valence-electron chi connectivity index (χ3n) is 4.04. The Hall–Kier alpha value is -2.63. The summed E-state index contributed by atoms with van der Waals surface area (Å²) in [6, 6.07) is 7.93. The third-order valence-corrected chi connectivity index (χ3v) is 4.04. The van der Waals surface area contributed by atoms with Gasteiger partial charge >= 0.3 is 0 Å². The van der Waals surface area contributed by atoms with Gasteiger partial charge in [0, 0.05) is 16.9 Å². The van der Waals surface area contributed by atoms with Gasteiger partial charge in [0.15, 0.2) is 6.61 Å². The molecule has 1 aromatic heterocycles. The molecule has 0 spiro atoms. The second-order valence-electron chi connectivity index (χ2n) is 5.50. The van der Waals surface area contributed by atoms with E-state index in [2.05, 4.69) is 20.1 Å². The number of carbonyl (C=O) groups excluding carboxylic acids is 1. The Morgan fingerprint density at radius 1 is 1.14 bits per heavy atom. The van der Waals surface area contributed by atoms with E-state index >= 15 is 0 Å². The fourth-order valence-corrected chi connectivity index (χ4v) is 2.92. The van der Waals surface area contributed by atoms with E-state index in [9.17, 15) is 4.79 Å². The van der Waals surface area contributed by atoms with E-state index in [4.69, 9.17) is 4.74 Å². The Morgan fingerprint density at radius 2 is 1.95 bits per heavy atom. The molecule has 0 radical (unpaired) electrons. The van der Waals surface area contributed by atoms with Crippen molar-refractivity contribution in [3.05, 3.63) is 47.5 Å². The highest BCUT2D eigenvalue weighted by Gasteiger charge is 2.17. The number of rotatable bonds is 2. The average molecular weight is 296 g/mol. The van der Waals surface area contributed by atoms with Gasteiger partial charge in [-0.05, 0) is 49.9 Å². The van der Waals surface area contributed by atoms with Crippen molar-refractivity contribution in [1.29, 1.82) is 0 Å². The molecule has 4 rings (SSSR count). The first-order chi connectivity index (χ1) is 10.8. The number of nitrogens with zero attached hydrogens (tertiary/aromatic N) is 3. The Balaban J connectivity index is 1.62. The molecule has 112 valence electrons. The van der Waals surface area contributed by atoms with E-state index in [-0.39, 0.29) is 12.5 Å². The highest BCUT2D eigenvalue weighted by atomic mass is 16.5. The zero-order valence-corrected chi connectivity index (χ0v) is 12.1. The number of amides is 1. The van der Waals surface area contributed by atoms with E-state index in [0.29, 0.717) is 5.90 Å². The Morgan fingerprint density at radius 3 is 2.73 bits per heavy atom. The van der Waals surface area contributed by atoms with Crippen LogP contribution >= 0.6 is 0 Å². The molecule has 22 heavy (non-hydrogen) atoms. The number of nitrogens with one attached hydrogen (secondary N) is 1. The molecule has 0 atom stereocenters.